The highest BCUT2D eigenvalue weighted by atomic mass is 32.2. The molecule has 0 atom stereocenters. The number of carbonyl (C=O) groups is 1. The van der Waals surface area contributed by atoms with E-state index in [1.54, 1.807) is 30.3 Å². The molecule has 3 aromatic carbocycles. The molecule has 1 amide bonds. The molecule has 0 aliphatic rings. The van der Waals surface area contributed by atoms with Gasteiger partial charge in [0.25, 0.3) is 11.6 Å². The van der Waals surface area contributed by atoms with E-state index in [9.17, 15) is 14.9 Å². The molecule has 0 saturated heterocycles. The van der Waals surface area contributed by atoms with Gasteiger partial charge in [0.15, 0.2) is 22.5 Å². The molecular formula is C28H26N6O6S. The van der Waals surface area contributed by atoms with E-state index in [1.165, 1.54) is 57.5 Å². The smallest absolute Gasteiger partial charge is 0.276 e. The van der Waals surface area contributed by atoms with E-state index in [0.29, 0.717) is 39.4 Å². The number of ether oxygens (including phenoxy) is 3. The Hall–Kier alpha value is -5.17. The number of para-hydroxylation sites is 2. The van der Waals surface area contributed by atoms with Gasteiger partial charge >= 0.3 is 0 Å². The van der Waals surface area contributed by atoms with Crippen LogP contribution in [0.25, 0.3) is 23.2 Å². The number of methoxy groups -OCH3 is 3. The molecule has 41 heavy (non-hydrogen) atoms. The number of nitro groups is 1. The summed E-state index contributed by atoms with van der Waals surface area (Å²) in [6.07, 6.45) is 4.38. The third-order valence-electron chi connectivity index (χ3n) is 5.66. The van der Waals surface area contributed by atoms with Gasteiger partial charge in [-0.05, 0) is 42.5 Å². The second-order valence-corrected chi connectivity index (χ2v) is 9.11. The Balaban J connectivity index is 1.51. The van der Waals surface area contributed by atoms with Crippen molar-refractivity contribution in [2.24, 2.45) is 5.10 Å². The predicted octanol–water partition coefficient (Wildman–Crippen LogP) is 4.78. The van der Waals surface area contributed by atoms with Crippen molar-refractivity contribution in [2.75, 3.05) is 27.1 Å². The summed E-state index contributed by atoms with van der Waals surface area (Å²) < 4.78 is 18.3. The maximum absolute atomic E-state index is 12.5. The SMILES string of the molecule is COc1cc(-c2nnc(SCC(=O)N/N=C/C=C/c3ccccc3[N+](=O)[O-])n2-c2ccccc2)cc(OC)c1OC. The lowest BCUT2D eigenvalue weighted by Gasteiger charge is -2.15. The zero-order valence-electron chi connectivity index (χ0n) is 22.4. The van der Waals surface area contributed by atoms with Crippen molar-refractivity contribution in [3.8, 4) is 34.3 Å². The van der Waals surface area contributed by atoms with Crippen LogP contribution in [0.3, 0.4) is 0 Å². The molecule has 0 spiro atoms. The third-order valence-corrected chi connectivity index (χ3v) is 6.59. The lowest BCUT2D eigenvalue weighted by Crippen LogP contribution is -2.19. The van der Waals surface area contributed by atoms with Crippen LogP contribution in [0.15, 0.2) is 83.1 Å². The highest BCUT2D eigenvalue weighted by molar-refractivity contribution is 7.99. The molecule has 1 aromatic heterocycles. The zero-order chi connectivity index (χ0) is 29.2. The first-order chi connectivity index (χ1) is 20.0. The van der Waals surface area contributed by atoms with Gasteiger partial charge in [-0.2, -0.15) is 5.10 Å². The summed E-state index contributed by atoms with van der Waals surface area (Å²) in [7, 11) is 4.60. The number of hydrogen-bond donors (Lipinski definition) is 1. The molecule has 0 bridgehead atoms. The number of nitrogens with one attached hydrogen (secondary N) is 1. The van der Waals surface area contributed by atoms with Crippen LogP contribution in [0.2, 0.25) is 0 Å². The van der Waals surface area contributed by atoms with Gasteiger partial charge in [-0.1, -0.05) is 42.1 Å². The minimum Gasteiger partial charge on any atom is -0.493 e. The summed E-state index contributed by atoms with van der Waals surface area (Å²) >= 11 is 1.18. The van der Waals surface area contributed by atoms with E-state index in [0.717, 1.165) is 5.69 Å². The van der Waals surface area contributed by atoms with Crippen molar-refractivity contribution >= 4 is 35.6 Å². The minimum atomic E-state index is -0.461. The maximum Gasteiger partial charge on any atom is 0.276 e. The van der Waals surface area contributed by atoms with E-state index in [-0.39, 0.29) is 17.3 Å². The third kappa shape index (κ3) is 6.89. The number of rotatable bonds is 12. The quantitative estimate of drug-likeness (QED) is 0.109. The van der Waals surface area contributed by atoms with Crippen LogP contribution in [0.5, 0.6) is 17.2 Å². The van der Waals surface area contributed by atoms with Gasteiger partial charge in [0.05, 0.1) is 37.6 Å². The van der Waals surface area contributed by atoms with Crippen molar-refractivity contribution in [1.82, 2.24) is 20.2 Å². The number of amides is 1. The predicted molar refractivity (Wildman–Crippen MR) is 156 cm³/mol. The summed E-state index contributed by atoms with van der Waals surface area (Å²) in [4.78, 5) is 23.2. The van der Waals surface area contributed by atoms with Gasteiger partial charge in [0, 0.05) is 23.5 Å². The van der Waals surface area contributed by atoms with Gasteiger partial charge < -0.3 is 14.2 Å². The maximum atomic E-state index is 12.5. The lowest BCUT2D eigenvalue weighted by atomic mass is 10.1. The molecule has 210 valence electrons. The molecule has 0 radical (unpaired) electrons. The molecule has 12 nitrogen and oxygen atoms in total. The van der Waals surface area contributed by atoms with Crippen molar-refractivity contribution in [3.05, 3.63) is 88.5 Å². The van der Waals surface area contributed by atoms with E-state index < -0.39 is 4.92 Å². The Labute approximate surface area is 239 Å². The lowest BCUT2D eigenvalue weighted by molar-refractivity contribution is -0.385. The largest absolute Gasteiger partial charge is 0.493 e. The zero-order valence-corrected chi connectivity index (χ0v) is 23.2. The molecule has 0 saturated carbocycles. The van der Waals surface area contributed by atoms with E-state index in [1.807, 2.05) is 34.9 Å². The van der Waals surface area contributed by atoms with E-state index in [4.69, 9.17) is 14.2 Å². The number of carbonyl (C=O) groups excluding carboxylic acids is 1. The monoisotopic (exact) mass is 574 g/mol. The van der Waals surface area contributed by atoms with Gasteiger partial charge in [0.2, 0.25) is 5.75 Å². The van der Waals surface area contributed by atoms with Crippen LogP contribution in [-0.2, 0) is 4.79 Å². The fourth-order valence-electron chi connectivity index (χ4n) is 3.83. The van der Waals surface area contributed by atoms with Crippen molar-refractivity contribution in [1.29, 1.82) is 0 Å². The highest BCUT2D eigenvalue weighted by Crippen LogP contribution is 2.41. The molecule has 0 aliphatic heterocycles. The van der Waals surface area contributed by atoms with Crippen LogP contribution in [0.4, 0.5) is 5.69 Å². The summed E-state index contributed by atoms with van der Waals surface area (Å²) in [5, 5.41) is 24.2. The molecule has 4 aromatic rings. The van der Waals surface area contributed by atoms with Crippen LogP contribution in [-0.4, -0.2) is 58.9 Å². The van der Waals surface area contributed by atoms with E-state index >= 15 is 0 Å². The Morgan fingerprint density at radius 1 is 1.02 bits per heavy atom. The van der Waals surface area contributed by atoms with Crippen LogP contribution >= 0.6 is 11.8 Å². The number of thioether (sulfide) groups is 1. The standard InChI is InChI=1S/C28H26N6O6S/c1-38-23-16-20(17-24(39-2)26(23)40-3)27-31-32-28(33(27)21-12-5-4-6-13-21)41-18-25(35)30-29-15-9-11-19-10-7-8-14-22(19)34(36)37/h4-17H,18H2,1-3H3,(H,30,35)/b11-9+,29-15+. The van der Waals surface area contributed by atoms with Gasteiger partial charge in [-0.25, -0.2) is 5.43 Å². The Kier molecular flexibility index (Phi) is 9.67. The van der Waals surface area contributed by atoms with Crippen molar-refractivity contribution in [3.63, 3.8) is 0 Å². The summed E-state index contributed by atoms with van der Waals surface area (Å²) in [6.45, 7) is 0. The van der Waals surface area contributed by atoms with Gasteiger partial charge in [-0.3, -0.25) is 19.5 Å². The topological polar surface area (TPSA) is 143 Å². The number of benzene rings is 3. The molecule has 0 fully saturated rings. The Bertz CT molecular complexity index is 1560. The fourth-order valence-corrected chi connectivity index (χ4v) is 4.57. The average molecular weight is 575 g/mol. The second-order valence-electron chi connectivity index (χ2n) is 8.17. The van der Waals surface area contributed by atoms with Crippen LogP contribution in [0, 0.1) is 10.1 Å². The number of allylic oxidation sites excluding steroid dienone is 1. The molecule has 0 aliphatic carbocycles. The first-order valence-electron chi connectivity index (χ1n) is 12.1. The number of aromatic nitrogens is 3. The van der Waals surface area contributed by atoms with Crippen molar-refractivity contribution < 1.29 is 23.9 Å². The number of nitrogens with zero attached hydrogens (tertiary/aromatic N) is 5. The summed E-state index contributed by atoms with van der Waals surface area (Å²) in [5.41, 5.74) is 4.30. The van der Waals surface area contributed by atoms with Crippen molar-refractivity contribution in [2.45, 2.75) is 5.16 Å². The minimum absolute atomic E-state index is 0.00539. The van der Waals surface area contributed by atoms with Gasteiger partial charge in [0.1, 0.15) is 0 Å². The first kappa shape index (κ1) is 28.8. The first-order valence-corrected chi connectivity index (χ1v) is 13.1. The number of hydrogen-bond acceptors (Lipinski definition) is 10. The number of nitro benzene ring substituents is 1. The fraction of sp³-hybridized carbons (Fsp3) is 0.143. The van der Waals surface area contributed by atoms with Crippen LogP contribution < -0.4 is 19.6 Å². The van der Waals surface area contributed by atoms with Crippen LogP contribution in [0.1, 0.15) is 5.56 Å². The molecule has 0 unspecified atom stereocenters. The Morgan fingerprint density at radius 2 is 1.71 bits per heavy atom. The van der Waals surface area contributed by atoms with Gasteiger partial charge in [-0.15, -0.1) is 10.2 Å². The average Bonchev–Trinajstić information content (AvgIpc) is 3.43. The highest BCUT2D eigenvalue weighted by Gasteiger charge is 2.21. The second kappa shape index (κ2) is 13.8. The molecule has 1 heterocycles. The molecule has 1 N–H and O–H groups in total. The normalized spacial score (nSPS) is 11.1. The molecule has 13 heteroatoms. The summed E-state index contributed by atoms with van der Waals surface area (Å²) in [5.74, 6) is 1.52. The molecular weight excluding hydrogens is 548 g/mol. The Morgan fingerprint density at radius 3 is 2.37 bits per heavy atom. The molecule has 4 rings (SSSR count). The number of hydrazone groups is 1. The summed E-state index contributed by atoms with van der Waals surface area (Å²) in [6, 6.07) is 19.4. The van der Waals surface area contributed by atoms with E-state index in [2.05, 4.69) is 20.7 Å².